The van der Waals surface area contributed by atoms with Crippen LogP contribution in [-0.2, 0) is 0 Å². The second-order valence-corrected chi connectivity index (χ2v) is 10.2. The monoisotopic (exact) mass is 270 g/mol. The molecule has 0 aliphatic heterocycles. The van der Waals surface area contributed by atoms with Gasteiger partial charge in [-0.3, -0.25) is 0 Å². The normalized spacial score (nSPS) is 14.2. The van der Waals surface area contributed by atoms with Gasteiger partial charge in [-0.25, -0.2) is 0 Å². The van der Waals surface area contributed by atoms with Crippen LogP contribution in [0.4, 0.5) is 0 Å². The molecule has 0 aromatic rings. The first-order valence-corrected chi connectivity index (χ1v) is 7.94. The molecule has 0 N–H and O–H groups in total. The molecular formula is C19H42. The molecule has 0 rings (SSSR count). The lowest BCUT2D eigenvalue weighted by molar-refractivity contribution is 0.0980. The molecule has 118 valence electrons. The number of hydrogen-bond donors (Lipinski definition) is 0. The van der Waals surface area contributed by atoms with Gasteiger partial charge in [0, 0.05) is 0 Å². The minimum absolute atomic E-state index is 0.437. The van der Waals surface area contributed by atoms with Crippen molar-refractivity contribution >= 4 is 0 Å². The van der Waals surface area contributed by atoms with Gasteiger partial charge in [0.15, 0.2) is 0 Å². The highest BCUT2D eigenvalue weighted by molar-refractivity contribution is 4.82. The van der Waals surface area contributed by atoms with Crippen LogP contribution in [0.1, 0.15) is 96.4 Å². The molecule has 0 heteroatoms. The van der Waals surface area contributed by atoms with E-state index in [-0.39, 0.29) is 0 Å². The molecule has 0 amide bonds. The molecule has 0 aromatic heterocycles. The van der Waals surface area contributed by atoms with Crippen molar-refractivity contribution in [2.24, 2.45) is 27.6 Å². The summed E-state index contributed by atoms with van der Waals surface area (Å²) in [4.78, 5) is 0. The Hall–Kier alpha value is 0. The zero-order chi connectivity index (χ0) is 16.3. The standard InChI is InChI=1S/C11H24.C8H18/c1-8-9(10(2,3)4)11(5,6)7;1-7(2,3)8(4,5)6/h9H,8H2,1-7H3;1-6H3. The van der Waals surface area contributed by atoms with Gasteiger partial charge in [-0.1, -0.05) is 96.4 Å². The van der Waals surface area contributed by atoms with Crippen LogP contribution >= 0.6 is 0 Å². The fraction of sp³-hybridized carbons (Fsp3) is 1.00. The van der Waals surface area contributed by atoms with Crippen LogP contribution in [0.25, 0.3) is 0 Å². The van der Waals surface area contributed by atoms with Crippen molar-refractivity contribution in [2.45, 2.75) is 96.4 Å². The Labute approximate surface area is 124 Å². The molecule has 0 atom stereocenters. The zero-order valence-electron chi connectivity index (χ0n) is 16.3. The maximum absolute atomic E-state index is 2.34. The largest absolute Gasteiger partial charge is 0.0651 e. The molecule has 0 saturated carbocycles. The van der Waals surface area contributed by atoms with E-state index in [0.717, 1.165) is 5.92 Å². The summed E-state index contributed by atoms with van der Waals surface area (Å²) < 4.78 is 0. The highest BCUT2D eigenvalue weighted by Gasteiger charge is 2.32. The van der Waals surface area contributed by atoms with Crippen LogP contribution in [-0.4, -0.2) is 0 Å². The van der Waals surface area contributed by atoms with E-state index in [1.807, 2.05) is 0 Å². The Morgan fingerprint density at radius 2 is 0.737 bits per heavy atom. The second-order valence-electron chi connectivity index (χ2n) is 10.2. The van der Waals surface area contributed by atoms with Gasteiger partial charge in [-0.2, -0.15) is 0 Å². The molecule has 0 aliphatic carbocycles. The Bertz CT molecular complexity index is 205. The lowest BCUT2D eigenvalue weighted by Gasteiger charge is -2.40. The Kier molecular flexibility index (Phi) is 7.44. The molecule has 0 unspecified atom stereocenters. The van der Waals surface area contributed by atoms with E-state index < -0.39 is 0 Å². The Balaban J connectivity index is 0. The van der Waals surface area contributed by atoms with Gasteiger partial charge in [0.05, 0.1) is 0 Å². The lowest BCUT2D eigenvalue weighted by atomic mass is 9.65. The number of hydrogen-bond acceptors (Lipinski definition) is 0. The highest BCUT2D eigenvalue weighted by Crippen LogP contribution is 2.41. The van der Waals surface area contributed by atoms with Crippen LogP contribution < -0.4 is 0 Å². The average molecular weight is 271 g/mol. The van der Waals surface area contributed by atoms with Gasteiger partial charge in [0.25, 0.3) is 0 Å². The van der Waals surface area contributed by atoms with Gasteiger partial charge in [0.1, 0.15) is 0 Å². The van der Waals surface area contributed by atoms with Crippen molar-refractivity contribution in [1.82, 2.24) is 0 Å². The summed E-state index contributed by atoms with van der Waals surface area (Å²) in [6.07, 6.45) is 1.28. The van der Waals surface area contributed by atoms with Crippen molar-refractivity contribution in [3.8, 4) is 0 Å². The summed E-state index contributed by atoms with van der Waals surface area (Å²) in [7, 11) is 0. The van der Waals surface area contributed by atoms with Crippen LogP contribution in [0.5, 0.6) is 0 Å². The number of rotatable bonds is 1. The summed E-state index contributed by atoms with van der Waals surface area (Å²) >= 11 is 0. The van der Waals surface area contributed by atoms with Crippen LogP contribution in [0.3, 0.4) is 0 Å². The van der Waals surface area contributed by atoms with E-state index in [1.165, 1.54) is 6.42 Å². The molecule has 0 bridgehead atoms. The van der Waals surface area contributed by atoms with Crippen molar-refractivity contribution in [3.63, 3.8) is 0 Å². The minimum atomic E-state index is 0.437. The van der Waals surface area contributed by atoms with Crippen LogP contribution in [0.2, 0.25) is 0 Å². The summed E-state index contributed by atoms with van der Waals surface area (Å²) in [5.74, 6) is 0.815. The fourth-order valence-electron chi connectivity index (χ4n) is 2.52. The fourth-order valence-corrected chi connectivity index (χ4v) is 2.52. The van der Waals surface area contributed by atoms with E-state index in [1.54, 1.807) is 0 Å². The van der Waals surface area contributed by atoms with E-state index in [9.17, 15) is 0 Å². The Morgan fingerprint density at radius 3 is 0.737 bits per heavy atom. The molecule has 0 aromatic carbocycles. The first-order valence-electron chi connectivity index (χ1n) is 7.94. The van der Waals surface area contributed by atoms with Crippen molar-refractivity contribution in [3.05, 3.63) is 0 Å². The van der Waals surface area contributed by atoms with E-state index in [4.69, 9.17) is 0 Å². The third kappa shape index (κ3) is 8.71. The van der Waals surface area contributed by atoms with Gasteiger partial charge >= 0.3 is 0 Å². The van der Waals surface area contributed by atoms with Crippen molar-refractivity contribution < 1.29 is 0 Å². The Morgan fingerprint density at radius 1 is 0.526 bits per heavy atom. The van der Waals surface area contributed by atoms with Gasteiger partial charge in [-0.05, 0) is 27.6 Å². The molecular weight excluding hydrogens is 228 g/mol. The quantitative estimate of drug-likeness (QED) is 0.473. The first kappa shape index (κ1) is 21.3. The van der Waals surface area contributed by atoms with Gasteiger partial charge in [-0.15, -0.1) is 0 Å². The average Bonchev–Trinajstić information content (AvgIpc) is 1.94. The summed E-state index contributed by atoms with van der Waals surface area (Å²) in [5, 5.41) is 0. The first-order chi connectivity index (χ1) is 7.94. The molecule has 0 radical (unpaired) electrons. The molecule has 0 fully saturated rings. The predicted octanol–water partition coefficient (Wildman–Crippen LogP) is 7.18. The molecule has 0 saturated heterocycles. The van der Waals surface area contributed by atoms with Gasteiger partial charge in [0.2, 0.25) is 0 Å². The van der Waals surface area contributed by atoms with Crippen LogP contribution in [0, 0.1) is 27.6 Å². The summed E-state index contributed by atoms with van der Waals surface area (Å²) in [6, 6.07) is 0. The maximum Gasteiger partial charge on any atom is -0.0319 e. The SMILES string of the molecule is CC(C)(C)C(C)(C)C.CCC(C(C)(C)C)C(C)(C)C. The molecule has 0 spiro atoms. The third-order valence-corrected chi connectivity index (χ3v) is 4.75. The molecule has 0 aliphatic rings. The topological polar surface area (TPSA) is 0 Å². The third-order valence-electron chi connectivity index (χ3n) is 4.75. The van der Waals surface area contributed by atoms with Gasteiger partial charge < -0.3 is 0 Å². The second kappa shape index (κ2) is 6.64. The molecule has 19 heavy (non-hydrogen) atoms. The van der Waals surface area contributed by atoms with Crippen LogP contribution in [0.15, 0.2) is 0 Å². The maximum atomic E-state index is 2.34. The van der Waals surface area contributed by atoms with E-state index >= 15 is 0 Å². The molecule has 0 heterocycles. The summed E-state index contributed by atoms with van der Waals surface area (Å²) in [5.41, 5.74) is 1.78. The minimum Gasteiger partial charge on any atom is -0.0651 e. The van der Waals surface area contributed by atoms with Crippen molar-refractivity contribution in [1.29, 1.82) is 0 Å². The summed E-state index contributed by atoms with van der Waals surface area (Å²) in [6.45, 7) is 30.0. The smallest absolute Gasteiger partial charge is 0.0319 e. The van der Waals surface area contributed by atoms with E-state index in [2.05, 4.69) is 90.0 Å². The molecule has 0 nitrogen and oxygen atoms in total. The lowest BCUT2D eigenvalue weighted by Crippen LogP contribution is -2.31. The predicted molar refractivity (Wildman–Crippen MR) is 91.6 cm³/mol. The highest BCUT2D eigenvalue weighted by atomic mass is 14.4. The zero-order valence-corrected chi connectivity index (χ0v) is 16.3. The van der Waals surface area contributed by atoms with Crippen molar-refractivity contribution in [2.75, 3.05) is 0 Å². The van der Waals surface area contributed by atoms with E-state index in [0.29, 0.717) is 21.7 Å².